The van der Waals surface area contributed by atoms with Crippen LogP contribution in [0.15, 0.2) is 30.3 Å². The van der Waals surface area contributed by atoms with Crippen LogP contribution in [-0.4, -0.2) is 21.6 Å². The van der Waals surface area contributed by atoms with Crippen molar-refractivity contribution >= 4 is 5.82 Å². The summed E-state index contributed by atoms with van der Waals surface area (Å²) in [5.41, 5.74) is 1.85. The molecule has 1 aromatic heterocycles. The van der Waals surface area contributed by atoms with Gasteiger partial charge in [-0.05, 0) is 25.5 Å². The molecule has 0 amide bonds. The summed E-state index contributed by atoms with van der Waals surface area (Å²) < 4.78 is 0. The summed E-state index contributed by atoms with van der Waals surface area (Å²) in [6.45, 7) is 4.99. The van der Waals surface area contributed by atoms with Gasteiger partial charge in [-0.25, -0.2) is 9.97 Å². The summed E-state index contributed by atoms with van der Waals surface area (Å²) in [5, 5.41) is 12.8. The Bertz CT molecular complexity index is 531. The summed E-state index contributed by atoms with van der Waals surface area (Å²) in [6, 6.07) is 9.01. The van der Waals surface area contributed by atoms with Gasteiger partial charge in [0, 0.05) is 23.9 Å². The lowest BCUT2D eigenvalue weighted by Gasteiger charge is -2.08. The number of benzene rings is 1. The van der Waals surface area contributed by atoms with Gasteiger partial charge in [-0.3, -0.25) is 0 Å². The molecule has 0 spiro atoms. The lowest BCUT2D eigenvalue weighted by molar-refractivity contribution is 0.475. The van der Waals surface area contributed by atoms with Gasteiger partial charge in [0.15, 0.2) is 5.82 Å². The predicted octanol–water partition coefficient (Wildman–Crippen LogP) is 3.23. The third-order valence-electron chi connectivity index (χ3n) is 2.75. The van der Waals surface area contributed by atoms with Crippen molar-refractivity contribution in [1.82, 2.24) is 9.97 Å². The molecule has 0 aliphatic rings. The molecule has 2 aromatic rings. The number of phenols is 1. The van der Waals surface area contributed by atoms with E-state index in [0.29, 0.717) is 5.82 Å². The number of rotatable bonds is 5. The molecular formula is C15H19N3O. The van der Waals surface area contributed by atoms with Gasteiger partial charge in [0.2, 0.25) is 0 Å². The van der Waals surface area contributed by atoms with Gasteiger partial charge in [-0.2, -0.15) is 0 Å². The number of anilines is 1. The average molecular weight is 257 g/mol. The van der Waals surface area contributed by atoms with Gasteiger partial charge in [-0.15, -0.1) is 0 Å². The standard InChI is InChI=1S/C15H19N3O/c1-3-6-12-10-14(16-4-2)18-15(17-12)11-7-5-8-13(19)9-11/h5,7-10,19H,3-4,6H2,1-2H3,(H,16,17,18). The summed E-state index contributed by atoms with van der Waals surface area (Å²) in [4.78, 5) is 9.04. The first kappa shape index (κ1) is 13.3. The minimum absolute atomic E-state index is 0.229. The van der Waals surface area contributed by atoms with Crippen LogP contribution in [0.25, 0.3) is 11.4 Å². The highest BCUT2D eigenvalue weighted by Gasteiger charge is 2.07. The molecule has 0 bridgehead atoms. The third-order valence-corrected chi connectivity index (χ3v) is 2.75. The maximum Gasteiger partial charge on any atom is 0.161 e. The number of aromatic hydroxyl groups is 1. The summed E-state index contributed by atoms with van der Waals surface area (Å²) in [6.07, 6.45) is 1.97. The van der Waals surface area contributed by atoms with Crippen LogP contribution in [-0.2, 0) is 6.42 Å². The molecule has 1 aromatic carbocycles. The van der Waals surface area contributed by atoms with Crippen molar-refractivity contribution in [1.29, 1.82) is 0 Å². The van der Waals surface area contributed by atoms with Crippen LogP contribution in [0.2, 0.25) is 0 Å². The Hall–Kier alpha value is -2.10. The lowest BCUT2D eigenvalue weighted by Crippen LogP contribution is -2.04. The molecule has 0 aliphatic heterocycles. The second-order valence-electron chi connectivity index (χ2n) is 4.40. The predicted molar refractivity (Wildman–Crippen MR) is 77.3 cm³/mol. The van der Waals surface area contributed by atoms with Gasteiger partial charge in [0.25, 0.3) is 0 Å². The number of aromatic nitrogens is 2. The van der Waals surface area contributed by atoms with Crippen molar-refractivity contribution in [3.05, 3.63) is 36.0 Å². The number of nitrogens with one attached hydrogen (secondary N) is 1. The van der Waals surface area contributed by atoms with Crippen LogP contribution >= 0.6 is 0 Å². The van der Waals surface area contributed by atoms with E-state index < -0.39 is 0 Å². The van der Waals surface area contributed by atoms with E-state index in [0.717, 1.165) is 36.5 Å². The molecule has 0 saturated heterocycles. The van der Waals surface area contributed by atoms with Crippen molar-refractivity contribution in [2.75, 3.05) is 11.9 Å². The number of phenolic OH excluding ortho intramolecular Hbond substituents is 1. The molecular weight excluding hydrogens is 238 g/mol. The van der Waals surface area contributed by atoms with Crippen LogP contribution < -0.4 is 5.32 Å². The molecule has 0 saturated carbocycles. The zero-order chi connectivity index (χ0) is 13.7. The van der Waals surface area contributed by atoms with Gasteiger partial charge in [0.1, 0.15) is 11.6 Å². The third kappa shape index (κ3) is 3.44. The monoisotopic (exact) mass is 257 g/mol. The lowest BCUT2D eigenvalue weighted by atomic mass is 10.2. The van der Waals surface area contributed by atoms with E-state index in [1.165, 1.54) is 0 Å². The van der Waals surface area contributed by atoms with E-state index in [-0.39, 0.29) is 5.75 Å². The molecule has 2 rings (SSSR count). The van der Waals surface area contributed by atoms with Crippen molar-refractivity contribution in [3.63, 3.8) is 0 Å². The number of aryl methyl sites for hydroxylation is 1. The molecule has 4 nitrogen and oxygen atoms in total. The van der Waals surface area contributed by atoms with E-state index in [9.17, 15) is 5.11 Å². The quantitative estimate of drug-likeness (QED) is 0.863. The summed E-state index contributed by atoms with van der Waals surface area (Å²) in [7, 11) is 0. The number of nitrogens with zero attached hydrogens (tertiary/aromatic N) is 2. The Kier molecular flexibility index (Phi) is 4.34. The molecule has 100 valence electrons. The van der Waals surface area contributed by atoms with E-state index in [2.05, 4.69) is 22.2 Å². The van der Waals surface area contributed by atoms with Gasteiger partial charge in [0.05, 0.1) is 0 Å². The molecule has 1 heterocycles. The van der Waals surface area contributed by atoms with Crippen molar-refractivity contribution in [3.8, 4) is 17.1 Å². The Morgan fingerprint density at radius 1 is 1.16 bits per heavy atom. The van der Waals surface area contributed by atoms with E-state index in [1.54, 1.807) is 18.2 Å². The first-order valence-corrected chi connectivity index (χ1v) is 6.64. The van der Waals surface area contributed by atoms with Gasteiger partial charge < -0.3 is 10.4 Å². The fraction of sp³-hybridized carbons (Fsp3) is 0.333. The summed E-state index contributed by atoms with van der Waals surface area (Å²) >= 11 is 0. The second-order valence-corrected chi connectivity index (χ2v) is 4.40. The van der Waals surface area contributed by atoms with Crippen molar-refractivity contribution < 1.29 is 5.11 Å². The van der Waals surface area contributed by atoms with Crippen LogP contribution in [0.3, 0.4) is 0 Å². The molecule has 0 fully saturated rings. The maximum atomic E-state index is 9.55. The zero-order valence-electron chi connectivity index (χ0n) is 11.3. The van der Waals surface area contributed by atoms with Crippen LogP contribution in [0.5, 0.6) is 5.75 Å². The Morgan fingerprint density at radius 2 is 2.00 bits per heavy atom. The Balaban J connectivity index is 2.43. The van der Waals surface area contributed by atoms with Crippen LogP contribution in [0, 0.1) is 0 Å². The average Bonchev–Trinajstić information content (AvgIpc) is 2.39. The molecule has 0 radical (unpaired) electrons. The van der Waals surface area contributed by atoms with Gasteiger partial charge >= 0.3 is 0 Å². The van der Waals surface area contributed by atoms with Crippen LogP contribution in [0.1, 0.15) is 26.0 Å². The van der Waals surface area contributed by atoms with Crippen LogP contribution in [0.4, 0.5) is 5.82 Å². The van der Waals surface area contributed by atoms with E-state index in [4.69, 9.17) is 0 Å². The Labute approximate surface area is 113 Å². The fourth-order valence-electron chi connectivity index (χ4n) is 1.93. The highest BCUT2D eigenvalue weighted by atomic mass is 16.3. The maximum absolute atomic E-state index is 9.55. The topological polar surface area (TPSA) is 58.0 Å². The fourth-order valence-corrected chi connectivity index (χ4v) is 1.93. The van der Waals surface area contributed by atoms with E-state index in [1.807, 2.05) is 19.1 Å². The highest BCUT2D eigenvalue weighted by Crippen LogP contribution is 2.22. The summed E-state index contributed by atoms with van der Waals surface area (Å²) in [5.74, 6) is 1.71. The van der Waals surface area contributed by atoms with Crippen molar-refractivity contribution in [2.24, 2.45) is 0 Å². The Morgan fingerprint density at radius 3 is 2.68 bits per heavy atom. The molecule has 19 heavy (non-hydrogen) atoms. The minimum atomic E-state index is 0.229. The number of hydrogen-bond donors (Lipinski definition) is 2. The first-order valence-electron chi connectivity index (χ1n) is 6.64. The normalized spacial score (nSPS) is 10.4. The molecule has 4 heteroatoms. The SMILES string of the molecule is CCCc1cc(NCC)nc(-c2cccc(O)c2)n1. The highest BCUT2D eigenvalue weighted by molar-refractivity contribution is 5.59. The minimum Gasteiger partial charge on any atom is -0.508 e. The zero-order valence-corrected chi connectivity index (χ0v) is 11.3. The second kappa shape index (κ2) is 6.18. The van der Waals surface area contributed by atoms with Gasteiger partial charge in [-0.1, -0.05) is 25.5 Å². The molecule has 2 N–H and O–H groups in total. The first-order chi connectivity index (χ1) is 9.22. The van der Waals surface area contributed by atoms with Crippen molar-refractivity contribution in [2.45, 2.75) is 26.7 Å². The number of hydrogen-bond acceptors (Lipinski definition) is 4. The largest absolute Gasteiger partial charge is 0.508 e. The molecule has 0 unspecified atom stereocenters. The van der Waals surface area contributed by atoms with E-state index >= 15 is 0 Å². The molecule has 0 aliphatic carbocycles. The molecule has 0 atom stereocenters. The smallest absolute Gasteiger partial charge is 0.161 e.